The molecule has 0 unspecified atom stereocenters. The van der Waals surface area contributed by atoms with Crippen LogP contribution in [-0.2, 0) is 0 Å². The largest absolute Gasteiger partial charge is 0.469 e. The Morgan fingerprint density at radius 1 is 1.73 bits per heavy atom. The van der Waals surface area contributed by atoms with Gasteiger partial charge < -0.3 is 9.73 Å². The summed E-state index contributed by atoms with van der Waals surface area (Å²) in [5.41, 5.74) is 8.52. The van der Waals surface area contributed by atoms with Gasteiger partial charge in [0.15, 0.2) is 0 Å². The summed E-state index contributed by atoms with van der Waals surface area (Å²) in [7, 11) is 0. The number of aryl methyl sites for hydroxylation is 1. The first-order chi connectivity index (χ1) is 7.24. The number of carbonyl (C=O) groups excluding carboxylic acids is 1. The maximum atomic E-state index is 11.4. The summed E-state index contributed by atoms with van der Waals surface area (Å²) in [5.74, 6) is 0.530. The van der Waals surface area contributed by atoms with E-state index in [2.05, 4.69) is 15.3 Å². The fourth-order valence-electron chi connectivity index (χ4n) is 1.06. The third-order valence-electron chi connectivity index (χ3n) is 1.78. The van der Waals surface area contributed by atoms with Gasteiger partial charge in [0.05, 0.1) is 5.56 Å². The highest BCUT2D eigenvalue weighted by molar-refractivity contribution is 5.93. The Balaban J connectivity index is 2.27. The molecule has 1 N–H and O–H groups in total. The molecule has 80 valence electrons. The number of nitrogens with zero attached hydrogens (tertiary/aromatic N) is 3. The second kappa shape index (κ2) is 5.72. The average molecular weight is 208 g/mol. The van der Waals surface area contributed by atoms with Crippen LogP contribution in [0.4, 0.5) is 0 Å². The van der Waals surface area contributed by atoms with Gasteiger partial charge in [-0.25, -0.2) is 0 Å². The number of amides is 1. The van der Waals surface area contributed by atoms with Crippen LogP contribution in [0.5, 0.6) is 0 Å². The van der Waals surface area contributed by atoms with Crippen molar-refractivity contribution in [2.75, 3.05) is 13.1 Å². The number of furan rings is 1. The molecule has 0 aliphatic carbocycles. The Hall–Kier alpha value is -1.94. The monoisotopic (exact) mass is 208 g/mol. The predicted octanol–water partition coefficient (Wildman–Crippen LogP) is 2.02. The molecule has 0 spiro atoms. The number of nitrogens with one attached hydrogen (secondary N) is 1. The Morgan fingerprint density at radius 3 is 3.13 bits per heavy atom. The zero-order valence-electron chi connectivity index (χ0n) is 8.43. The van der Waals surface area contributed by atoms with Gasteiger partial charge in [0, 0.05) is 18.0 Å². The summed E-state index contributed by atoms with van der Waals surface area (Å²) in [6.45, 7) is 2.65. The zero-order valence-corrected chi connectivity index (χ0v) is 8.43. The number of hydrogen-bond donors (Lipinski definition) is 1. The first-order valence-corrected chi connectivity index (χ1v) is 4.58. The van der Waals surface area contributed by atoms with E-state index in [0.717, 1.165) is 0 Å². The van der Waals surface area contributed by atoms with Crippen LogP contribution in [0.3, 0.4) is 0 Å². The molecule has 0 aromatic carbocycles. The molecule has 1 aromatic rings. The fourth-order valence-corrected chi connectivity index (χ4v) is 1.06. The molecule has 0 bridgehead atoms. The average Bonchev–Trinajstić information content (AvgIpc) is 2.64. The molecule has 1 rings (SSSR count). The molecule has 0 saturated heterocycles. The normalized spacial score (nSPS) is 9.40. The highest BCUT2D eigenvalue weighted by Gasteiger charge is 2.06. The van der Waals surface area contributed by atoms with Crippen molar-refractivity contribution in [3.05, 3.63) is 34.1 Å². The van der Waals surface area contributed by atoms with E-state index in [0.29, 0.717) is 30.8 Å². The van der Waals surface area contributed by atoms with Gasteiger partial charge in [-0.1, -0.05) is 5.11 Å². The minimum atomic E-state index is -0.173. The van der Waals surface area contributed by atoms with E-state index in [1.54, 1.807) is 13.0 Å². The first kappa shape index (κ1) is 11.1. The van der Waals surface area contributed by atoms with E-state index in [1.807, 2.05) is 0 Å². The SMILES string of the molecule is Cc1cc(C(=O)NCCCN=[N+]=[N-])co1. The summed E-state index contributed by atoms with van der Waals surface area (Å²) in [4.78, 5) is 14.0. The van der Waals surface area contributed by atoms with E-state index < -0.39 is 0 Å². The van der Waals surface area contributed by atoms with Crippen LogP contribution in [0.25, 0.3) is 10.4 Å². The highest BCUT2D eigenvalue weighted by atomic mass is 16.3. The molecule has 0 fully saturated rings. The fraction of sp³-hybridized carbons (Fsp3) is 0.444. The van der Waals surface area contributed by atoms with Crippen LogP contribution >= 0.6 is 0 Å². The Kier molecular flexibility index (Phi) is 4.25. The van der Waals surface area contributed by atoms with Gasteiger partial charge >= 0.3 is 0 Å². The number of rotatable bonds is 5. The zero-order chi connectivity index (χ0) is 11.1. The van der Waals surface area contributed by atoms with Crippen molar-refractivity contribution < 1.29 is 9.21 Å². The second-order valence-electron chi connectivity index (χ2n) is 3.01. The smallest absolute Gasteiger partial charge is 0.254 e. The molecule has 1 aromatic heterocycles. The van der Waals surface area contributed by atoms with E-state index in [-0.39, 0.29) is 5.91 Å². The summed E-state index contributed by atoms with van der Waals surface area (Å²) in [6, 6.07) is 1.67. The van der Waals surface area contributed by atoms with Crippen LogP contribution in [-0.4, -0.2) is 19.0 Å². The minimum absolute atomic E-state index is 0.173. The van der Waals surface area contributed by atoms with Gasteiger partial charge in [-0.3, -0.25) is 4.79 Å². The van der Waals surface area contributed by atoms with Gasteiger partial charge in [-0.15, -0.1) is 0 Å². The van der Waals surface area contributed by atoms with Gasteiger partial charge in [-0.2, -0.15) is 0 Å². The summed E-state index contributed by atoms with van der Waals surface area (Å²) >= 11 is 0. The molecule has 0 saturated carbocycles. The standard InChI is InChI=1S/C9H12N4O2/c1-7-5-8(6-15-7)9(14)11-3-2-4-12-13-10/h5-6H,2-4H2,1H3,(H,11,14). The first-order valence-electron chi connectivity index (χ1n) is 4.58. The van der Waals surface area contributed by atoms with Gasteiger partial charge in [0.25, 0.3) is 5.91 Å². The Labute approximate surface area is 86.9 Å². The molecule has 1 amide bonds. The van der Waals surface area contributed by atoms with Crippen LogP contribution in [0.15, 0.2) is 21.9 Å². The van der Waals surface area contributed by atoms with Crippen LogP contribution in [0, 0.1) is 6.92 Å². The lowest BCUT2D eigenvalue weighted by Gasteiger charge is -2.00. The van der Waals surface area contributed by atoms with Crippen molar-refractivity contribution in [2.24, 2.45) is 5.11 Å². The van der Waals surface area contributed by atoms with E-state index in [9.17, 15) is 4.79 Å². The topological polar surface area (TPSA) is 91.0 Å². The quantitative estimate of drug-likeness (QED) is 0.347. The predicted molar refractivity (Wildman–Crippen MR) is 54.4 cm³/mol. The Bertz CT molecular complexity index is 379. The Morgan fingerprint density at radius 2 is 2.53 bits per heavy atom. The van der Waals surface area contributed by atoms with Gasteiger partial charge in [0.1, 0.15) is 12.0 Å². The van der Waals surface area contributed by atoms with Crippen molar-refractivity contribution in [1.29, 1.82) is 0 Å². The molecule has 15 heavy (non-hydrogen) atoms. The highest BCUT2D eigenvalue weighted by Crippen LogP contribution is 2.05. The molecule has 0 aliphatic heterocycles. The molecule has 6 heteroatoms. The van der Waals surface area contributed by atoms with Crippen molar-refractivity contribution in [1.82, 2.24) is 5.32 Å². The molecular formula is C9H12N4O2. The van der Waals surface area contributed by atoms with Gasteiger partial charge in [0.2, 0.25) is 0 Å². The van der Waals surface area contributed by atoms with Crippen molar-refractivity contribution in [3.63, 3.8) is 0 Å². The van der Waals surface area contributed by atoms with Crippen LogP contribution in [0.1, 0.15) is 22.5 Å². The van der Waals surface area contributed by atoms with Crippen molar-refractivity contribution in [2.45, 2.75) is 13.3 Å². The molecule has 0 radical (unpaired) electrons. The van der Waals surface area contributed by atoms with E-state index >= 15 is 0 Å². The lowest BCUT2D eigenvalue weighted by molar-refractivity contribution is 0.0953. The van der Waals surface area contributed by atoms with E-state index in [4.69, 9.17) is 9.95 Å². The number of carbonyl (C=O) groups is 1. The molecule has 6 nitrogen and oxygen atoms in total. The third-order valence-corrected chi connectivity index (χ3v) is 1.78. The van der Waals surface area contributed by atoms with Crippen LogP contribution in [0.2, 0.25) is 0 Å². The number of hydrogen-bond acceptors (Lipinski definition) is 3. The van der Waals surface area contributed by atoms with Gasteiger partial charge in [-0.05, 0) is 24.9 Å². The minimum Gasteiger partial charge on any atom is -0.469 e. The van der Waals surface area contributed by atoms with Crippen molar-refractivity contribution >= 4 is 5.91 Å². The number of azide groups is 1. The molecule has 0 aliphatic rings. The lowest BCUT2D eigenvalue weighted by atomic mass is 10.3. The third kappa shape index (κ3) is 3.74. The summed E-state index contributed by atoms with van der Waals surface area (Å²) in [5, 5.41) is 6.05. The summed E-state index contributed by atoms with van der Waals surface area (Å²) < 4.78 is 5.00. The van der Waals surface area contributed by atoms with Crippen LogP contribution < -0.4 is 5.32 Å². The maximum Gasteiger partial charge on any atom is 0.254 e. The molecular weight excluding hydrogens is 196 g/mol. The second-order valence-corrected chi connectivity index (χ2v) is 3.01. The molecule has 0 atom stereocenters. The lowest BCUT2D eigenvalue weighted by Crippen LogP contribution is -2.24. The maximum absolute atomic E-state index is 11.4. The summed E-state index contributed by atoms with van der Waals surface area (Å²) in [6.07, 6.45) is 2.05. The molecule has 1 heterocycles. The van der Waals surface area contributed by atoms with Crippen molar-refractivity contribution in [3.8, 4) is 0 Å². The van der Waals surface area contributed by atoms with E-state index in [1.165, 1.54) is 6.26 Å².